The van der Waals surface area contributed by atoms with E-state index in [4.69, 9.17) is 4.74 Å². The summed E-state index contributed by atoms with van der Waals surface area (Å²) in [5.41, 5.74) is 2.66. The number of carbonyl (C=O) groups is 1. The lowest BCUT2D eigenvalue weighted by molar-refractivity contribution is -0.384. The molecular formula is C20H22BrN3O4. The molecule has 0 amide bonds. The highest BCUT2D eigenvalue weighted by Gasteiger charge is 2.19. The quantitative estimate of drug-likeness (QED) is 0.380. The van der Waals surface area contributed by atoms with Gasteiger partial charge in [-0.15, -0.1) is 0 Å². The molecule has 2 aromatic carbocycles. The van der Waals surface area contributed by atoms with Crippen LogP contribution >= 0.6 is 15.9 Å². The molecule has 0 unspecified atom stereocenters. The Balaban J connectivity index is 1.58. The third-order valence-electron chi connectivity index (χ3n) is 4.75. The molecule has 0 aliphatic carbocycles. The zero-order chi connectivity index (χ0) is 20.1. The topological polar surface area (TPSA) is 75.9 Å². The monoisotopic (exact) mass is 447 g/mol. The van der Waals surface area contributed by atoms with Gasteiger partial charge in [0.25, 0.3) is 5.69 Å². The predicted molar refractivity (Wildman–Crippen MR) is 111 cm³/mol. The third kappa shape index (κ3) is 4.88. The number of piperazine rings is 1. The Morgan fingerprint density at radius 1 is 1.14 bits per heavy atom. The van der Waals surface area contributed by atoms with E-state index in [1.807, 2.05) is 12.1 Å². The molecule has 148 valence electrons. The number of nitro groups is 1. The Labute approximate surface area is 172 Å². The van der Waals surface area contributed by atoms with Gasteiger partial charge in [0.05, 0.1) is 17.1 Å². The Morgan fingerprint density at radius 3 is 2.43 bits per heavy atom. The maximum Gasteiger partial charge on any atom is 0.338 e. The van der Waals surface area contributed by atoms with Crippen LogP contribution in [0.2, 0.25) is 0 Å². The summed E-state index contributed by atoms with van der Waals surface area (Å²) in [5, 5.41) is 11.0. The maximum atomic E-state index is 11.8. The number of carbonyl (C=O) groups excluding carboxylic acids is 1. The molecule has 7 nitrogen and oxygen atoms in total. The zero-order valence-corrected chi connectivity index (χ0v) is 17.2. The second-order valence-electron chi connectivity index (χ2n) is 6.56. The van der Waals surface area contributed by atoms with Crippen molar-refractivity contribution in [2.24, 2.45) is 0 Å². The summed E-state index contributed by atoms with van der Waals surface area (Å²) >= 11 is 3.49. The summed E-state index contributed by atoms with van der Waals surface area (Å²) in [4.78, 5) is 26.9. The molecule has 28 heavy (non-hydrogen) atoms. The van der Waals surface area contributed by atoms with Gasteiger partial charge in [0, 0.05) is 55.0 Å². The van der Waals surface area contributed by atoms with E-state index in [1.54, 1.807) is 31.2 Å². The summed E-state index contributed by atoms with van der Waals surface area (Å²) in [7, 11) is 0. The molecule has 0 N–H and O–H groups in total. The van der Waals surface area contributed by atoms with Gasteiger partial charge in [-0.3, -0.25) is 15.0 Å². The second kappa shape index (κ2) is 9.16. The molecule has 1 heterocycles. The van der Waals surface area contributed by atoms with E-state index in [2.05, 4.69) is 25.7 Å². The fourth-order valence-electron chi connectivity index (χ4n) is 3.22. The van der Waals surface area contributed by atoms with Crippen molar-refractivity contribution in [2.45, 2.75) is 13.5 Å². The lowest BCUT2D eigenvalue weighted by atomic mass is 10.1. The molecule has 0 atom stereocenters. The molecule has 1 saturated heterocycles. The molecule has 2 aromatic rings. The first-order chi connectivity index (χ1) is 13.5. The minimum atomic E-state index is -0.367. The molecule has 3 rings (SSSR count). The van der Waals surface area contributed by atoms with Crippen LogP contribution in [0.5, 0.6) is 0 Å². The summed E-state index contributed by atoms with van der Waals surface area (Å²) in [6, 6.07) is 12.3. The van der Waals surface area contributed by atoms with Crippen LogP contribution in [0.25, 0.3) is 0 Å². The van der Waals surface area contributed by atoms with Crippen molar-refractivity contribution in [2.75, 3.05) is 37.7 Å². The number of rotatable bonds is 6. The number of nitrogens with zero attached hydrogens (tertiary/aromatic N) is 3. The molecular weight excluding hydrogens is 426 g/mol. The van der Waals surface area contributed by atoms with Gasteiger partial charge in [0.15, 0.2) is 0 Å². The third-order valence-corrected chi connectivity index (χ3v) is 5.52. The Bertz CT molecular complexity index is 849. The average Bonchev–Trinajstić information content (AvgIpc) is 2.70. The van der Waals surface area contributed by atoms with Gasteiger partial charge in [0.2, 0.25) is 0 Å². The maximum absolute atomic E-state index is 11.8. The van der Waals surface area contributed by atoms with Crippen molar-refractivity contribution in [3.63, 3.8) is 0 Å². The fraction of sp³-hybridized carbons (Fsp3) is 0.350. The molecule has 0 aromatic heterocycles. The van der Waals surface area contributed by atoms with E-state index < -0.39 is 0 Å². The van der Waals surface area contributed by atoms with Gasteiger partial charge < -0.3 is 9.64 Å². The molecule has 1 aliphatic heterocycles. The lowest BCUT2D eigenvalue weighted by Crippen LogP contribution is -2.46. The van der Waals surface area contributed by atoms with Crippen molar-refractivity contribution < 1.29 is 14.5 Å². The van der Waals surface area contributed by atoms with Crippen LogP contribution in [0.15, 0.2) is 46.9 Å². The number of nitro benzene ring substituents is 1. The molecule has 8 heteroatoms. The van der Waals surface area contributed by atoms with Crippen LogP contribution in [0.1, 0.15) is 22.8 Å². The summed E-state index contributed by atoms with van der Waals surface area (Å²) in [6.07, 6.45) is 0. The van der Waals surface area contributed by atoms with Crippen molar-refractivity contribution in [3.05, 3.63) is 68.2 Å². The van der Waals surface area contributed by atoms with Gasteiger partial charge in [-0.25, -0.2) is 4.79 Å². The van der Waals surface area contributed by atoms with Crippen LogP contribution in [0.3, 0.4) is 0 Å². The van der Waals surface area contributed by atoms with Crippen LogP contribution in [-0.2, 0) is 11.3 Å². The Hall–Kier alpha value is -2.45. The predicted octanol–water partition coefficient (Wildman–Crippen LogP) is 3.86. The highest BCUT2D eigenvalue weighted by molar-refractivity contribution is 9.10. The smallest absolute Gasteiger partial charge is 0.338 e. The summed E-state index contributed by atoms with van der Waals surface area (Å²) < 4.78 is 5.90. The van der Waals surface area contributed by atoms with E-state index in [1.165, 1.54) is 6.07 Å². The van der Waals surface area contributed by atoms with Crippen LogP contribution in [-0.4, -0.2) is 48.6 Å². The number of esters is 1. The normalized spacial score (nSPS) is 14.7. The van der Waals surface area contributed by atoms with Crippen molar-refractivity contribution >= 4 is 33.3 Å². The lowest BCUT2D eigenvalue weighted by Gasteiger charge is -2.36. The first-order valence-electron chi connectivity index (χ1n) is 9.15. The minimum absolute atomic E-state index is 0.110. The SMILES string of the molecule is CCOC(=O)c1ccc(N2CCN(Cc3cc([N+](=O)[O-])ccc3Br)CC2)cc1. The number of ether oxygens (including phenoxy) is 1. The van der Waals surface area contributed by atoms with Crippen molar-refractivity contribution in [1.82, 2.24) is 4.90 Å². The first-order valence-corrected chi connectivity index (χ1v) is 9.94. The minimum Gasteiger partial charge on any atom is -0.462 e. The number of halogens is 1. The summed E-state index contributed by atoms with van der Waals surface area (Å²) in [5.74, 6) is -0.304. The second-order valence-corrected chi connectivity index (χ2v) is 7.42. The van der Waals surface area contributed by atoms with Gasteiger partial charge in [-0.2, -0.15) is 0 Å². The Kier molecular flexibility index (Phi) is 6.64. The highest BCUT2D eigenvalue weighted by atomic mass is 79.9. The number of benzene rings is 2. The summed E-state index contributed by atoms with van der Waals surface area (Å²) in [6.45, 7) is 6.24. The van der Waals surface area contributed by atoms with Crippen LogP contribution < -0.4 is 4.90 Å². The molecule has 0 bridgehead atoms. The van der Waals surface area contributed by atoms with Gasteiger partial charge >= 0.3 is 5.97 Å². The average molecular weight is 448 g/mol. The fourth-order valence-corrected chi connectivity index (χ4v) is 3.60. The van der Waals surface area contributed by atoms with Gasteiger partial charge in [-0.1, -0.05) is 15.9 Å². The molecule has 0 radical (unpaired) electrons. The number of non-ortho nitro benzene ring substituents is 1. The van der Waals surface area contributed by atoms with E-state index in [-0.39, 0.29) is 16.6 Å². The van der Waals surface area contributed by atoms with E-state index in [9.17, 15) is 14.9 Å². The van der Waals surface area contributed by atoms with Crippen LogP contribution in [0, 0.1) is 10.1 Å². The Morgan fingerprint density at radius 2 is 1.82 bits per heavy atom. The number of anilines is 1. The standard InChI is InChI=1S/C20H22BrN3O4/c1-2-28-20(25)15-3-5-17(6-4-15)23-11-9-22(10-12-23)14-16-13-18(24(26)27)7-8-19(16)21/h3-8,13H,2,9-12,14H2,1H3. The van der Waals surface area contributed by atoms with Crippen molar-refractivity contribution in [3.8, 4) is 0 Å². The van der Waals surface area contributed by atoms with E-state index >= 15 is 0 Å². The highest BCUT2D eigenvalue weighted by Crippen LogP contribution is 2.25. The van der Waals surface area contributed by atoms with Gasteiger partial charge in [0.1, 0.15) is 0 Å². The number of hydrogen-bond acceptors (Lipinski definition) is 6. The molecule has 0 spiro atoms. The largest absolute Gasteiger partial charge is 0.462 e. The number of hydrogen-bond donors (Lipinski definition) is 0. The molecule has 1 aliphatic rings. The zero-order valence-electron chi connectivity index (χ0n) is 15.6. The first kappa shape index (κ1) is 20.3. The van der Waals surface area contributed by atoms with Gasteiger partial charge in [-0.05, 0) is 42.8 Å². The van der Waals surface area contributed by atoms with E-state index in [0.29, 0.717) is 18.7 Å². The van der Waals surface area contributed by atoms with Crippen molar-refractivity contribution in [1.29, 1.82) is 0 Å². The van der Waals surface area contributed by atoms with E-state index in [0.717, 1.165) is 41.9 Å². The molecule has 0 saturated carbocycles. The molecule has 1 fully saturated rings. The van der Waals surface area contributed by atoms with Crippen LogP contribution in [0.4, 0.5) is 11.4 Å².